The molecule has 4 heteroatoms. The zero-order valence-corrected chi connectivity index (χ0v) is 11.2. The normalized spacial score (nSPS) is 16.5. The van der Waals surface area contributed by atoms with Crippen LogP contribution >= 0.6 is 0 Å². The number of rotatable bonds is 5. The Morgan fingerprint density at radius 2 is 2.18 bits per heavy atom. The number of unbranched alkanes of at least 4 members (excludes halogenated alkanes) is 1. The van der Waals surface area contributed by atoms with E-state index in [1.54, 1.807) is 4.90 Å². The van der Waals surface area contributed by atoms with Crippen LogP contribution in [0.1, 0.15) is 33.6 Å². The summed E-state index contributed by atoms with van der Waals surface area (Å²) in [5.74, 6) is 0. The van der Waals surface area contributed by atoms with E-state index in [-0.39, 0.29) is 6.09 Å². The third kappa shape index (κ3) is 5.22. The summed E-state index contributed by atoms with van der Waals surface area (Å²) < 4.78 is 5.28. The lowest BCUT2D eigenvalue weighted by molar-refractivity contribution is 0.00538. The molecular formula is C13H24N2O2. The van der Waals surface area contributed by atoms with Gasteiger partial charge in [-0.05, 0) is 40.2 Å². The molecule has 98 valence electrons. The van der Waals surface area contributed by atoms with Crippen LogP contribution in [0.4, 0.5) is 4.79 Å². The van der Waals surface area contributed by atoms with Crippen molar-refractivity contribution < 1.29 is 9.53 Å². The Kier molecular flexibility index (Phi) is 5.00. The van der Waals surface area contributed by atoms with E-state index in [0.29, 0.717) is 6.04 Å². The van der Waals surface area contributed by atoms with E-state index in [1.165, 1.54) is 0 Å². The fourth-order valence-electron chi connectivity index (χ4n) is 1.64. The second kappa shape index (κ2) is 6.05. The number of ether oxygens (including phenoxy) is 1. The molecule has 0 saturated carbocycles. The van der Waals surface area contributed by atoms with Gasteiger partial charge in [-0.15, -0.1) is 6.58 Å². The number of carbonyl (C=O) groups is 1. The molecule has 1 heterocycles. The number of carbonyl (C=O) groups excluding carboxylic acids is 1. The molecule has 0 spiro atoms. The third-order valence-corrected chi connectivity index (χ3v) is 2.55. The van der Waals surface area contributed by atoms with Crippen molar-refractivity contribution in [2.24, 2.45) is 0 Å². The molecule has 4 nitrogen and oxygen atoms in total. The highest BCUT2D eigenvalue weighted by Gasteiger charge is 2.32. The summed E-state index contributed by atoms with van der Waals surface area (Å²) in [6, 6.07) is 0.423. The Morgan fingerprint density at radius 3 is 2.71 bits per heavy atom. The summed E-state index contributed by atoms with van der Waals surface area (Å²) >= 11 is 0. The van der Waals surface area contributed by atoms with E-state index in [9.17, 15) is 4.79 Å². The van der Waals surface area contributed by atoms with Crippen molar-refractivity contribution in [3.05, 3.63) is 12.7 Å². The van der Waals surface area contributed by atoms with Crippen molar-refractivity contribution in [1.82, 2.24) is 10.2 Å². The summed E-state index contributed by atoms with van der Waals surface area (Å²) in [5.41, 5.74) is -0.403. The number of allylic oxidation sites excluding steroid dienone is 1. The van der Waals surface area contributed by atoms with E-state index in [2.05, 4.69) is 11.9 Å². The highest BCUT2D eigenvalue weighted by Crippen LogP contribution is 2.15. The minimum absolute atomic E-state index is 0.207. The lowest BCUT2D eigenvalue weighted by Crippen LogP contribution is -2.60. The number of hydrogen-bond acceptors (Lipinski definition) is 3. The minimum atomic E-state index is -0.403. The topological polar surface area (TPSA) is 41.6 Å². The van der Waals surface area contributed by atoms with Crippen LogP contribution in [0.5, 0.6) is 0 Å². The predicted octanol–water partition coefficient (Wildman–Crippen LogP) is 2.16. The summed E-state index contributed by atoms with van der Waals surface area (Å²) in [5, 5.41) is 3.40. The lowest BCUT2D eigenvalue weighted by atomic mass is 10.1. The van der Waals surface area contributed by atoms with Gasteiger partial charge in [-0.25, -0.2) is 4.79 Å². The van der Waals surface area contributed by atoms with Crippen LogP contribution in [0, 0.1) is 0 Å². The maximum absolute atomic E-state index is 11.6. The number of nitrogens with one attached hydrogen (secondary N) is 1. The van der Waals surface area contributed by atoms with Gasteiger partial charge >= 0.3 is 6.09 Å². The second-order valence-electron chi connectivity index (χ2n) is 5.47. The average molecular weight is 240 g/mol. The standard InChI is InChI=1S/C13H24N2O2/c1-5-6-7-8-14-11-9-15(10-11)12(16)17-13(2,3)4/h5,11,14H,1,6-10H2,2-4H3. The molecule has 0 bridgehead atoms. The molecule has 0 aromatic rings. The third-order valence-electron chi connectivity index (χ3n) is 2.55. The molecule has 0 aromatic carbocycles. The highest BCUT2D eigenvalue weighted by atomic mass is 16.6. The van der Waals surface area contributed by atoms with Crippen molar-refractivity contribution in [2.75, 3.05) is 19.6 Å². The van der Waals surface area contributed by atoms with E-state index < -0.39 is 5.60 Å². The van der Waals surface area contributed by atoms with E-state index >= 15 is 0 Å². The number of likely N-dealkylation sites (tertiary alicyclic amines) is 1. The molecule has 1 aliphatic rings. The highest BCUT2D eigenvalue weighted by molar-refractivity contribution is 5.69. The lowest BCUT2D eigenvalue weighted by Gasteiger charge is -2.40. The first-order valence-corrected chi connectivity index (χ1v) is 6.24. The molecule has 1 amide bonds. The minimum Gasteiger partial charge on any atom is -0.444 e. The molecule has 1 rings (SSSR count). The Hall–Kier alpha value is -1.03. The molecule has 1 N–H and O–H groups in total. The van der Waals surface area contributed by atoms with Gasteiger partial charge in [-0.3, -0.25) is 0 Å². The number of nitrogens with zero attached hydrogens (tertiary/aromatic N) is 1. The van der Waals surface area contributed by atoms with Crippen LogP contribution in [0.2, 0.25) is 0 Å². The van der Waals surface area contributed by atoms with Crippen LogP contribution in [-0.2, 0) is 4.74 Å². The molecule has 0 aromatic heterocycles. The zero-order chi connectivity index (χ0) is 12.9. The van der Waals surface area contributed by atoms with Gasteiger partial charge in [0.1, 0.15) is 5.60 Å². The van der Waals surface area contributed by atoms with Crippen LogP contribution in [-0.4, -0.2) is 42.3 Å². The molecule has 0 aliphatic carbocycles. The van der Waals surface area contributed by atoms with Crippen molar-refractivity contribution in [1.29, 1.82) is 0 Å². The van der Waals surface area contributed by atoms with Crippen LogP contribution < -0.4 is 5.32 Å². The number of amides is 1. The van der Waals surface area contributed by atoms with Crippen molar-refractivity contribution in [3.8, 4) is 0 Å². The molecular weight excluding hydrogens is 216 g/mol. The van der Waals surface area contributed by atoms with Gasteiger partial charge < -0.3 is 15.0 Å². The maximum atomic E-state index is 11.6. The van der Waals surface area contributed by atoms with Gasteiger partial charge in [-0.2, -0.15) is 0 Å². The molecule has 0 atom stereocenters. The Labute approximate surface area is 104 Å². The van der Waals surface area contributed by atoms with Crippen LogP contribution in [0.3, 0.4) is 0 Å². The summed E-state index contributed by atoms with van der Waals surface area (Å²) in [6.45, 7) is 11.8. The Morgan fingerprint density at radius 1 is 1.53 bits per heavy atom. The van der Waals surface area contributed by atoms with Crippen molar-refractivity contribution >= 4 is 6.09 Å². The van der Waals surface area contributed by atoms with Gasteiger partial charge in [0, 0.05) is 19.1 Å². The average Bonchev–Trinajstić information content (AvgIpc) is 2.11. The molecule has 1 saturated heterocycles. The summed E-state index contributed by atoms with van der Waals surface area (Å²) in [7, 11) is 0. The fourth-order valence-corrected chi connectivity index (χ4v) is 1.64. The maximum Gasteiger partial charge on any atom is 0.410 e. The predicted molar refractivity (Wildman–Crippen MR) is 69.0 cm³/mol. The smallest absolute Gasteiger partial charge is 0.410 e. The summed E-state index contributed by atoms with van der Waals surface area (Å²) in [6.07, 6.45) is 3.86. The first-order chi connectivity index (χ1) is 7.92. The van der Waals surface area contributed by atoms with Gasteiger partial charge in [0.2, 0.25) is 0 Å². The molecule has 0 radical (unpaired) electrons. The van der Waals surface area contributed by atoms with Crippen molar-refractivity contribution in [3.63, 3.8) is 0 Å². The van der Waals surface area contributed by atoms with E-state index in [4.69, 9.17) is 4.74 Å². The van der Waals surface area contributed by atoms with Gasteiger partial charge in [0.25, 0.3) is 0 Å². The van der Waals surface area contributed by atoms with Gasteiger partial charge in [-0.1, -0.05) is 6.08 Å². The van der Waals surface area contributed by atoms with Gasteiger partial charge in [0.05, 0.1) is 0 Å². The number of hydrogen-bond donors (Lipinski definition) is 1. The van der Waals surface area contributed by atoms with Gasteiger partial charge in [0.15, 0.2) is 0 Å². The van der Waals surface area contributed by atoms with E-state index in [0.717, 1.165) is 32.5 Å². The van der Waals surface area contributed by atoms with Crippen LogP contribution in [0.25, 0.3) is 0 Å². The van der Waals surface area contributed by atoms with Crippen molar-refractivity contribution in [2.45, 2.75) is 45.3 Å². The summed E-state index contributed by atoms with van der Waals surface area (Å²) in [4.78, 5) is 13.4. The molecule has 1 aliphatic heterocycles. The Balaban J connectivity index is 2.10. The quantitative estimate of drug-likeness (QED) is 0.591. The largest absolute Gasteiger partial charge is 0.444 e. The Bertz CT molecular complexity index is 265. The SMILES string of the molecule is C=CCCCNC1CN(C(=O)OC(C)(C)C)C1. The van der Waals surface area contributed by atoms with Crippen LogP contribution in [0.15, 0.2) is 12.7 Å². The zero-order valence-electron chi connectivity index (χ0n) is 11.2. The first-order valence-electron chi connectivity index (χ1n) is 6.24. The van der Waals surface area contributed by atoms with E-state index in [1.807, 2.05) is 26.8 Å². The first kappa shape index (κ1) is 14.0. The monoisotopic (exact) mass is 240 g/mol. The molecule has 1 fully saturated rings. The molecule has 17 heavy (non-hydrogen) atoms. The molecule has 0 unspecified atom stereocenters. The fraction of sp³-hybridized carbons (Fsp3) is 0.769. The second-order valence-corrected chi connectivity index (χ2v) is 5.47.